The number of imidazole rings is 1. The molecule has 5 nitrogen and oxygen atoms in total. The van der Waals surface area contributed by atoms with E-state index in [2.05, 4.69) is 19.8 Å². The van der Waals surface area contributed by atoms with Gasteiger partial charge in [0.2, 0.25) is 5.91 Å². The molecule has 1 aliphatic heterocycles. The first-order valence-electron chi connectivity index (χ1n) is 7.90. The molecule has 2 heterocycles. The van der Waals surface area contributed by atoms with Crippen molar-refractivity contribution in [2.75, 3.05) is 19.6 Å². The zero-order valence-electron chi connectivity index (χ0n) is 13.2. The Balaban J connectivity index is 1.68. The van der Waals surface area contributed by atoms with Crippen LogP contribution in [-0.4, -0.2) is 40.0 Å². The van der Waals surface area contributed by atoms with Crippen molar-refractivity contribution in [1.82, 2.24) is 19.8 Å². The maximum atomic E-state index is 13.5. The molecule has 2 aromatic rings. The number of halogens is 1. The van der Waals surface area contributed by atoms with Crippen molar-refractivity contribution in [3.63, 3.8) is 0 Å². The lowest BCUT2D eigenvalue weighted by Crippen LogP contribution is -2.50. The van der Waals surface area contributed by atoms with Gasteiger partial charge in [-0.2, -0.15) is 0 Å². The van der Waals surface area contributed by atoms with Gasteiger partial charge in [-0.05, 0) is 31.0 Å². The molecule has 0 spiro atoms. The van der Waals surface area contributed by atoms with Gasteiger partial charge in [0.15, 0.2) is 0 Å². The van der Waals surface area contributed by atoms with Crippen LogP contribution in [0.4, 0.5) is 4.39 Å². The van der Waals surface area contributed by atoms with Crippen molar-refractivity contribution >= 4 is 5.91 Å². The van der Waals surface area contributed by atoms with Crippen LogP contribution in [0.5, 0.6) is 0 Å². The van der Waals surface area contributed by atoms with E-state index in [1.807, 2.05) is 19.2 Å². The van der Waals surface area contributed by atoms with Crippen molar-refractivity contribution in [3.05, 3.63) is 53.9 Å². The van der Waals surface area contributed by atoms with Gasteiger partial charge in [-0.15, -0.1) is 0 Å². The minimum Gasteiger partial charge on any atom is -0.353 e. The molecule has 0 unspecified atom stereocenters. The molecule has 1 amide bonds. The van der Waals surface area contributed by atoms with Crippen LogP contribution >= 0.6 is 0 Å². The van der Waals surface area contributed by atoms with E-state index in [-0.39, 0.29) is 11.7 Å². The number of carbonyl (C=O) groups is 1. The summed E-state index contributed by atoms with van der Waals surface area (Å²) in [6.45, 7) is 5.03. The third kappa shape index (κ3) is 3.59. The van der Waals surface area contributed by atoms with Gasteiger partial charge in [0.1, 0.15) is 17.7 Å². The van der Waals surface area contributed by atoms with Crippen LogP contribution in [0.25, 0.3) is 0 Å². The monoisotopic (exact) mass is 316 g/mol. The second-order valence-electron chi connectivity index (χ2n) is 5.81. The Morgan fingerprint density at radius 2 is 2.26 bits per heavy atom. The predicted octanol–water partition coefficient (Wildman–Crippen LogP) is 1.89. The number of hydrogen-bond donors (Lipinski definition) is 1. The van der Waals surface area contributed by atoms with Crippen LogP contribution in [0.15, 0.2) is 36.7 Å². The smallest absolute Gasteiger partial charge is 0.242 e. The van der Waals surface area contributed by atoms with Crippen LogP contribution in [0.2, 0.25) is 0 Å². The van der Waals surface area contributed by atoms with Crippen LogP contribution in [0.1, 0.15) is 23.9 Å². The standard InChI is InChI=1S/C17H21FN4O/c1-13-19-6-10-21(13)8-3-9-22-11-7-20-17(23)16(22)14-4-2-5-15(18)12-14/h2,4-6,10,12,16H,3,7-9,11H2,1H3,(H,20,23)/t16-/m1/s1. The fourth-order valence-electron chi connectivity index (χ4n) is 3.08. The first-order chi connectivity index (χ1) is 11.1. The van der Waals surface area contributed by atoms with Gasteiger partial charge in [-0.1, -0.05) is 12.1 Å². The quantitative estimate of drug-likeness (QED) is 0.916. The maximum Gasteiger partial charge on any atom is 0.242 e. The Bertz CT molecular complexity index is 685. The molecule has 3 rings (SSSR count). The zero-order valence-corrected chi connectivity index (χ0v) is 13.2. The number of amides is 1. The molecule has 1 atom stereocenters. The number of aromatic nitrogens is 2. The second-order valence-corrected chi connectivity index (χ2v) is 5.81. The fraction of sp³-hybridized carbons (Fsp3) is 0.412. The Hall–Kier alpha value is -2.21. The normalized spacial score (nSPS) is 18.9. The van der Waals surface area contributed by atoms with E-state index in [0.717, 1.165) is 31.9 Å². The highest BCUT2D eigenvalue weighted by Gasteiger charge is 2.30. The van der Waals surface area contributed by atoms with Crippen molar-refractivity contribution in [2.45, 2.75) is 25.9 Å². The third-order valence-electron chi connectivity index (χ3n) is 4.24. The van der Waals surface area contributed by atoms with Crippen molar-refractivity contribution in [1.29, 1.82) is 0 Å². The Morgan fingerprint density at radius 3 is 3.00 bits per heavy atom. The molecule has 0 saturated carbocycles. The third-order valence-corrected chi connectivity index (χ3v) is 4.24. The first-order valence-corrected chi connectivity index (χ1v) is 7.90. The number of benzene rings is 1. The average Bonchev–Trinajstić information content (AvgIpc) is 2.93. The van der Waals surface area contributed by atoms with E-state index in [1.165, 1.54) is 12.1 Å². The second kappa shape index (κ2) is 6.91. The molecule has 1 aliphatic rings. The molecule has 0 radical (unpaired) electrons. The molecule has 1 N–H and O–H groups in total. The molecule has 0 aliphatic carbocycles. The zero-order chi connectivity index (χ0) is 16.2. The lowest BCUT2D eigenvalue weighted by molar-refractivity contribution is -0.129. The van der Waals surface area contributed by atoms with Gasteiger partial charge in [-0.3, -0.25) is 9.69 Å². The summed E-state index contributed by atoms with van der Waals surface area (Å²) in [4.78, 5) is 18.6. The van der Waals surface area contributed by atoms with Crippen LogP contribution in [0.3, 0.4) is 0 Å². The Labute approximate surface area is 135 Å². The number of nitrogens with zero attached hydrogens (tertiary/aromatic N) is 3. The molecule has 1 aromatic heterocycles. The molecule has 1 fully saturated rings. The fourth-order valence-corrected chi connectivity index (χ4v) is 3.08. The van der Waals surface area contributed by atoms with Gasteiger partial charge in [0, 0.05) is 38.6 Å². The molecular formula is C17H21FN4O. The topological polar surface area (TPSA) is 50.2 Å². The molecule has 1 saturated heterocycles. The molecular weight excluding hydrogens is 295 g/mol. The van der Waals surface area contributed by atoms with E-state index in [4.69, 9.17) is 0 Å². The number of carbonyl (C=O) groups excluding carboxylic acids is 1. The molecule has 6 heteroatoms. The summed E-state index contributed by atoms with van der Waals surface area (Å²) in [5, 5.41) is 2.87. The van der Waals surface area contributed by atoms with E-state index in [0.29, 0.717) is 12.1 Å². The maximum absolute atomic E-state index is 13.5. The summed E-state index contributed by atoms with van der Waals surface area (Å²) in [5.41, 5.74) is 0.709. The molecule has 122 valence electrons. The van der Waals surface area contributed by atoms with E-state index in [1.54, 1.807) is 12.3 Å². The summed E-state index contributed by atoms with van der Waals surface area (Å²) >= 11 is 0. The lowest BCUT2D eigenvalue weighted by Gasteiger charge is -2.35. The minimum atomic E-state index is -0.414. The highest BCUT2D eigenvalue weighted by Crippen LogP contribution is 2.24. The van der Waals surface area contributed by atoms with E-state index in [9.17, 15) is 9.18 Å². The largest absolute Gasteiger partial charge is 0.353 e. The van der Waals surface area contributed by atoms with E-state index >= 15 is 0 Å². The summed E-state index contributed by atoms with van der Waals surface area (Å²) < 4.78 is 15.6. The van der Waals surface area contributed by atoms with Crippen LogP contribution in [0, 0.1) is 12.7 Å². The van der Waals surface area contributed by atoms with Gasteiger partial charge < -0.3 is 9.88 Å². The van der Waals surface area contributed by atoms with Gasteiger partial charge in [-0.25, -0.2) is 9.37 Å². The number of hydrogen-bond acceptors (Lipinski definition) is 3. The predicted molar refractivity (Wildman–Crippen MR) is 85.3 cm³/mol. The lowest BCUT2D eigenvalue weighted by atomic mass is 10.0. The Morgan fingerprint density at radius 1 is 1.39 bits per heavy atom. The average molecular weight is 316 g/mol. The van der Waals surface area contributed by atoms with Crippen molar-refractivity contribution in [2.24, 2.45) is 0 Å². The summed E-state index contributed by atoms with van der Waals surface area (Å²) in [5.74, 6) is 0.624. The minimum absolute atomic E-state index is 0.0549. The molecule has 0 bridgehead atoms. The number of nitrogens with one attached hydrogen (secondary N) is 1. The van der Waals surface area contributed by atoms with Crippen molar-refractivity contribution in [3.8, 4) is 0 Å². The van der Waals surface area contributed by atoms with Gasteiger partial charge in [0.05, 0.1) is 0 Å². The van der Waals surface area contributed by atoms with Crippen LogP contribution in [-0.2, 0) is 11.3 Å². The summed E-state index contributed by atoms with van der Waals surface area (Å²) in [6, 6.07) is 5.90. The van der Waals surface area contributed by atoms with Gasteiger partial charge >= 0.3 is 0 Å². The molecule has 23 heavy (non-hydrogen) atoms. The first kappa shape index (κ1) is 15.7. The number of aryl methyl sites for hydroxylation is 2. The number of rotatable bonds is 5. The summed E-state index contributed by atoms with van der Waals surface area (Å²) in [7, 11) is 0. The highest BCUT2D eigenvalue weighted by molar-refractivity contribution is 5.83. The van der Waals surface area contributed by atoms with Crippen molar-refractivity contribution < 1.29 is 9.18 Å². The number of piperazine rings is 1. The summed E-state index contributed by atoms with van der Waals surface area (Å²) in [6.07, 6.45) is 4.66. The van der Waals surface area contributed by atoms with E-state index < -0.39 is 6.04 Å². The van der Waals surface area contributed by atoms with Gasteiger partial charge in [0.25, 0.3) is 0 Å². The SMILES string of the molecule is Cc1nccn1CCCN1CCNC(=O)[C@H]1c1cccc(F)c1. The highest BCUT2D eigenvalue weighted by atomic mass is 19.1. The van der Waals surface area contributed by atoms with Crippen LogP contribution < -0.4 is 5.32 Å². The molecule has 1 aromatic carbocycles. The Kier molecular flexibility index (Phi) is 4.71.